The second-order valence-corrected chi connectivity index (χ2v) is 5.78. The van der Waals surface area contributed by atoms with Crippen LogP contribution in [0.3, 0.4) is 0 Å². The summed E-state index contributed by atoms with van der Waals surface area (Å²) in [5.74, 6) is 0. The monoisotopic (exact) mass is 227 g/mol. The maximum Gasteiger partial charge on any atom is 0.0774 e. The minimum Gasteiger partial charge on any atom is -0.393 e. The molecule has 1 aliphatic heterocycles. The topological polar surface area (TPSA) is 43.7 Å². The van der Waals surface area contributed by atoms with Crippen LogP contribution in [0.4, 0.5) is 0 Å². The van der Waals surface area contributed by atoms with Gasteiger partial charge in [-0.15, -0.1) is 0 Å². The molecule has 2 unspecified atom stereocenters. The molecular weight excluding hydrogens is 202 g/mol. The van der Waals surface area contributed by atoms with Crippen LogP contribution >= 0.6 is 0 Å². The molecule has 2 rings (SSSR count). The Morgan fingerprint density at radius 1 is 1.31 bits per heavy atom. The van der Waals surface area contributed by atoms with Gasteiger partial charge in [-0.25, -0.2) is 0 Å². The van der Waals surface area contributed by atoms with Crippen molar-refractivity contribution in [3.05, 3.63) is 0 Å². The molecule has 94 valence electrons. The van der Waals surface area contributed by atoms with E-state index < -0.39 is 5.60 Å². The molecule has 1 saturated carbocycles. The van der Waals surface area contributed by atoms with Crippen molar-refractivity contribution in [2.75, 3.05) is 13.1 Å². The number of rotatable bonds is 4. The quantitative estimate of drug-likeness (QED) is 0.765. The summed E-state index contributed by atoms with van der Waals surface area (Å²) in [4.78, 5) is 2.40. The number of aliphatic hydroxyl groups excluding tert-OH is 1. The minimum atomic E-state index is -0.429. The molecule has 0 bridgehead atoms. The molecule has 16 heavy (non-hydrogen) atoms. The van der Waals surface area contributed by atoms with Gasteiger partial charge in [-0.2, -0.15) is 0 Å². The average Bonchev–Trinajstić information content (AvgIpc) is 2.77. The van der Waals surface area contributed by atoms with Crippen molar-refractivity contribution in [2.24, 2.45) is 0 Å². The molecule has 0 amide bonds. The maximum atomic E-state index is 10.4. The minimum absolute atomic E-state index is 0.219. The van der Waals surface area contributed by atoms with E-state index in [9.17, 15) is 10.2 Å². The van der Waals surface area contributed by atoms with Gasteiger partial charge in [0.1, 0.15) is 0 Å². The van der Waals surface area contributed by atoms with Crippen LogP contribution in [0.1, 0.15) is 51.9 Å². The van der Waals surface area contributed by atoms with E-state index >= 15 is 0 Å². The van der Waals surface area contributed by atoms with Crippen molar-refractivity contribution in [2.45, 2.75) is 69.6 Å². The molecule has 3 nitrogen and oxygen atoms in total. The van der Waals surface area contributed by atoms with Crippen LogP contribution in [0.25, 0.3) is 0 Å². The van der Waals surface area contributed by atoms with Crippen LogP contribution in [-0.4, -0.2) is 45.9 Å². The summed E-state index contributed by atoms with van der Waals surface area (Å²) in [7, 11) is 0. The summed E-state index contributed by atoms with van der Waals surface area (Å²) in [5, 5.41) is 19.9. The predicted octanol–water partition coefficient (Wildman–Crippen LogP) is 1.53. The summed E-state index contributed by atoms with van der Waals surface area (Å²) in [6, 6.07) is 0.490. The highest BCUT2D eigenvalue weighted by atomic mass is 16.3. The highest BCUT2D eigenvalue weighted by Gasteiger charge is 2.36. The van der Waals surface area contributed by atoms with Crippen molar-refractivity contribution in [3.8, 4) is 0 Å². The fraction of sp³-hybridized carbons (Fsp3) is 1.00. The molecule has 0 aromatic carbocycles. The summed E-state index contributed by atoms with van der Waals surface area (Å²) >= 11 is 0. The van der Waals surface area contributed by atoms with Gasteiger partial charge in [0.2, 0.25) is 0 Å². The molecule has 0 radical (unpaired) electrons. The van der Waals surface area contributed by atoms with Crippen molar-refractivity contribution in [1.82, 2.24) is 4.90 Å². The fourth-order valence-electron chi connectivity index (χ4n) is 3.33. The van der Waals surface area contributed by atoms with E-state index in [1.165, 1.54) is 25.7 Å². The molecular formula is C13H25NO2. The van der Waals surface area contributed by atoms with Crippen molar-refractivity contribution < 1.29 is 10.2 Å². The molecule has 0 spiro atoms. The van der Waals surface area contributed by atoms with E-state index in [-0.39, 0.29) is 6.10 Å². The van der Waals surface area contributed by atoms with Gasteiger partial charge in [-0.05, 0) is 45.6 Å². The summed E-state index contributed by atoms with van der Waals surface area (Å²) < 4.78 is 0. The molecule has 2 N–H and O–H groups in total. The Hall–Kier alpha value is -0.120. The molecule has 3 heteroatoms. The van der Waals surface area contributed by atoms with Gasteiger partial charge < -0.3 is 10.2 Å². The lowest BCUT2D eigenvalue weighted by atomic mass is 10.0. The Kier molecular flexibility index (Phi) is 3.88. The normalized spacial score (nSPS) is 32.1. The first-order valence-electron chi connectivity index (χ1n) is 6.74. The third kappa shape index (κ3) is 2.96. The second kappa shape index (κ2) is 5.03. The first-order chi connectivity index (χ1) is 7.59. The first-order valence-corrected chi connectivity index (χ1v) is 6.74. The van der Waals surface area contributed by atoms with E-state index in [0.29, 0.717) is 6.04 Å². The Balaban J connectivity index is 1.87. The van der Waals surface area contributed by atoms with Crippen LogP contribution < -0.4 is 0 Å². The number of nitrogens with zero attached hydrogens (tertiary/aromatic N) is 1. The molecule has 2 atom stereocenters. The van der Waals surface area contributed by atoms with Crippen LogP contribution in [0, 0.1) is 0 Å². The predicted molar refractivity (Wildman–Crippen MR) is 64.3 cm³/mol. The lowest BCUT2D eigenvalue weighted by molar-refractivity contribution is 0.000367. The van der Waals surface area contributed by atoms with Crippen LogP contribution in [0.2, 0.25) is 0 Å². The van der Waals surface area contributed by atoms with Gasteiger partial charge in [0.25, 0.3) is 0 Å². The van der Waals surface area contributed by atoms with Crippen LogP contribution in [-0.2, 0) is 0 Å². The Morgan fingerprint density at radius 3 is 2.62 bits per heavy atom. The fourth-order valence-corrected chi connectivity index (χ4v) is 3.33. The van der Waals surface area contributed by atoms with Gasteiger partial charge in [0.05, 0.1) is 11.7 Å². The molecule has 2 fully saturated rings. The highest BCUT2D eigenvalue weighted by Crippen LogP contribution is 2.33. The summed E-state index contributed by atoms with van der Waals surface area (Å²) in [6.45, 7) is 3.78. The number of hydrogen-bond acceptors (Lipinski definition) is 3. The van der Waals surface area contributed by atoms with Gasteiger partial charge in [-0.1, -0.05) is 12.8 Å². The molecule has 0 aromatic rings. The SMILES string of the molecule is CC(O)CC1CCCN1CC1(O)CCCC1. The van der Waals surface area contributed by atoms with Gasteiger partial charge in [-0.3, -0.25) is 4.90 Å². The number of β-amino-alcohol motifs (C(OH)–C–C–N with tert-alkyl or cyclic N) is 1. The first kappa shape index (κ1) is 12.3. The van der Waals surface area contributed by atoms with E-state index in [4.69, 9.17) is 0 Å². The van der Waals surface area contributed by atoms with Crippen LogP contribution in [0.5, 0.6) is 0 Å². The zero-order chi connectivity index (χ0) is 11.6. The van der Waals surface area contributed by atoms with E-state index in [1.807, 2.05) is 6.92 Å². The average molecular weight is 227 g/mol. The Morgan fingerprint density at radius 2 is 2.00 bits per heavy atom. The van der Waals surface area contributed by atoms with Gasteiger partial charge >= 0.3 is 0 Å². The molecule has 1 aliphatic carbocycles. The van der Waals surface area contributed by atoms with Gasteiger partial charge in [0.15, 0.2) is 0 Å². The van der Waals surface area contributed by atoms with E-state index in [0.717, 1.165) is 32.4 Å². The van der Waals surface area contributed by atoms with Crippen LogP contribution in [0.15, 0.2) is 0 Å². The van der Waals surface area contributed by atoms with E-state index in [2.05, 4.69) is 4.90 Å². The maximum absolute atomic E-state index is 10.4. The van der Waals surface area contributed by atoms with Crippen molar-refractivity contribution in [3.63, 3.8) is 0 Å². The van der Waals surface area contributed by atoms with Gasteiger partial charge in [0, 0.05) is 12.6 Å². The third-order valence-corrected chi connectivity index (χ3v) is 4.14. The zero-order valence-corrected chi connectivity index (χ0v) is 10.4. The lowest BCUT2D eigenvalue weighted by Gasteiger charge is -2.33. The summed E-state index contributed by atoms with van der Waals surface area (Å²) in [6.07, 6.45) is 7.31. The number of hydrogen-bond donors (Lipinski definition) is 2. The number of aliphatic hydroxyl groups is 2. The number of likely N-dealkylation sites (tertiary alicyclic amines) is 1. The van der Waals surface area contributed by atoms with Crippen molar-refractivity contribution >= 4 is 0 Å². The smallest absolute Gasteiger partial charge is 0.0774 e. The Labute approximate surface area is 98.5 Å². The zero-order valence-electron chi connectivity index (χ0n) is 10.4. The molecule has 1 heterocycles. The standard InChI is InChI=1S/C13H25NO2/c1-11(15)9-12-5-4-8-14(12)10-13(16)6-2-3-7-13/h11-12,15-16H,2-10H2,1H3. The Bertz CT molecular complexity index is 224. The third-order valence-electron chi connectivity index (χ3n) is 4.14. The molecule has 2 aliphatic rings. The van der Waals surface area contributed by atoms with Crippen molar-refractivity contribution in [1.29, 1.82) is 0 Å². The second-order valence-electron chi connectivity index (χ2n) is 5.78. The largest absolute Gasteiger partial charge is 0.393 e. The molecule has 1 saturated heterocycles. The summed E-state index contributed by atoms with van der Waals surface area (Å²) in [5.41, 5.74) is -0.429. The lowest BCUT2D eigenvalue weighted by Crippen LogP contribution is -2.44. The molecule has 0 aromatic heterocycles. The highest BCUT2D eigenvalue weighted by molar-refractivity contribution is 4.91. The van der Waals surface area contributed by atoms with E-state index in [1.54, 1.807) is 0 Å².